The van der Waals surface area contributed by atoms with Gasteiger partial charge in [-0.3, -0.25) is 4.79 Å². The number of ether oxygens (including phenoxy) is 1. The van der Waals surface area contributed by atoms with Crippen LogP contribution in [0.3, 0.4) is 0 Å². The van der Waals surface area contributed by atoms with Gasteiger partial charge in [0.2, 0.25) is 0 Å². The fourth-order valence-corrected chi connectivity index (χ4v) is 3.81. The molecule has 0 radical (unpaired) electrons. The van der Waals surface area contributed by atoms with E-state index in [0.29, 0.717) is 18.4 Å². The fraction of sp³-hybridized carbons (Fsp3) is 0.350. The third-order valence-electron chi connectivity index (χ3n) is 5.12. The monoisotopic (exact) mass is 341 g/mol. The lowest BCUT2D eigenvalue weighted by atomic mass is 9.79. The van der Waals surface area contributed by atoms with Crippen LogP contribution in [-0.2, 0) is 23.2 Å². The summed E-state index contributed by atoms with van der Waals surface area (Å²) >= 11 is 0. The van der Waals surface area contributed by atoms with Gasteiger partial charge >= 0.3 is 0 Å². The van der Waals surface area contributed by atoms with Gasteiger partial charge in [-0.1, -0.05) is 36.4 Å². The molecular weight excluding hydrogens is 321 g/mol. The molecule has 1 amide bonds. The van der Waals surface area contributed by atoms with Crippen molar-refractivity contribution in [3.8, 4) is 5.75 Å². The molecular formula is C20H20FNO3. The number of hydrogen-bond acceptors (Lipinski definition) is 3. The smallest absolute Gasteiger partial charge is 0.261 e. The average molecular weight is 341 g/mol. The van der Waals surface area contributed by atoms with Crippen LogP contribution in [0.5, 0.6) is 5.75 Å². The maximum absolute atomic E-state index is 13.7. The highest BCUT2D eigenvalue weighted by atomic mass is 19.1. The first-order valence-electron chi connectivity index (χ1n) is 8.59. The van der Waals surface area contributed by atoms with E-state index in [9.17, 15) is 14.3 Å². The summed E-state index contributed by atoms with van der Waals surface area (Å²) in [4.78, 5) is 12.5. The highest BCUT2D eigenvalue weighted by Gasteiger charge is 2.36. The highest BCUT2D eigenvalue weighted by molar-refractivity contribution is 5.82. The van der Waals surface area contributed by atoms with Crippen molar-refractivity contribution in [3.05, 3.63) is 65.0 Å². The Bertz CT molecular complexity index is 822. The zero-order valence-electron chi connectivity index (χ0n) is 13.8. The number of nitrogens with one attached hydrogen (secondary N) is 1. The number of carbonyl (C=O) groups is 1. The van der Waals surface area contributed by atoms with Gasteiger partial charge in [0.1, 0.15) is 5.60 Å². The third kappa shape index (κ3) is 2.89. The van der Waals surface area contributed by atoms with E-state index in [2.05, 4.69) is 5.32 Å². The Labute approximate surface area is 145 Å². The molecule has 2 atom stereocenters. The average Bonchev–Trinajstić information content (AvgIpc) is 3.06. The number of rotatable bonds is 3. The largest absolute Gasteiger partial charge is 0.477 e. The molecule has 1 aliphatic heterocycles. The van der Waals surface area contributed by atoms with Crippen LogP contribution in [-0.4, -0.2) is 23.7 Å². The van der Waals surface area contributed by atoms with Crippen LogP contribution < -0.4 is 10.1 Å². The second kappa shape index (κ2) is 6.15. The number of amides is 1. The summed E-state index contributed by atoms with van der Waals surface area (Å²) in [5.74, 6) is -0.621. The summed E-state index contributed by atoms with van der Waals surface area (Å²) < 4.78 is 19.2. The molecule has 0 saturated carbocycles. The Hall–Kier alpha value is -2.40. The predicted molar refractivity (Wildman–Crippen MR) is 90.8 cm³/mol. The normalized spacial score (nSPS) is 24.2. The van der Waals surface area contributed by atoms with Gasteiger partial charge in [-0.25, -0.2) is 4.39 Å². The molecule has 130 valence electrons. The summed E-state index contributed by atoms with van der Waals surface area (Å²) in [5, 5.41) is 13.8. The standard InChI is InChI=1S/C20H20FNO3/c21-16-9-3-6-14-11-17(25-18(14)16)19(23)22-12-20(24)10-4-7-13-5-1-2-8-15(13)20/h1-3,5-6,8-9,17,24H,4,7,10-12H2,(H,22,23). The predicted octanol–water partition coefficient (Wildman–Crippen LogP) is 2.47. The zero-order valence-corrected chi connectivity index (χ0v) is 13.8. The molecule has 5 heteroatoms. The van der Waals surface area contributed by atoms with Crippen LogP contribution in [0, 0.1) is 5.82 Å². The zero-order chi connectivity index (χ0) is 17.4. The van der Waals surface area contributed by atoms with Crippen molar-refractivity contribution in [3.63, 3.8) is 0 Å². The maximum atomic E-state index is 13.7. The molecule has 2 aliphatic rings. The maximum Gasteiger partial charge on any atom is 0.261 e. The van der Waals surface area contributed by atoms with Gasteiger partial charge in [0.05, 0.1) is 6.54 Å². The molecule has 2 unspecified atom stereocenters. The van der Waals surface area contributed by atoms with E-state index < -0.39 is 17.5 Å². The van der Waals surface area contributed by atoms with E-state index in [1.165, 1.54) is 6.07 Å². The number of para-hydroxylation sites is 1. The van der Waals surface area contributed by atoms with Crippen LogP contribution in [0.1, 0.15) is 29.5 Å². The molecule has 0 fully saturated rings. The second-order valence-corrected chi connectivity index (χ2v) is 6.80. The first-order valence-corrected chi connectivity index (χ1v) is 8.59. The quantitative estimate of drug-likeness (QED) is 0.902. The van der Waals surface area contributed by atoms with Crippen LogP contribution in [0.4, 0.5) is 4.39 Å². The van der Waals surface area contributed by atoms with Gasteiger partial charge in [-0.2, -0.15) is 0 Å². The summed E-state index contributed by atoms with van der Waals surface area (Å²) in [7, 11) is 0. The first kappa shape index (κ1) is 16.1. The number of aliphatic hydroxyl groups is 1. The SMILES string of the molecule is O=C(NCC1(O)CCCc2ccccc21)C1Cc2cccc(F)c2O1. The summed E-state index contributed by atoms with van der Waals surface area (Å²) in [6, 6.07) is 12.5. The molecule has 1 heterocycles. The Kier molecular flexibility index (Phi) is 3.96. The van der Waals surface area contributed by atoms with Crippen LogP contribution in [0.15, 0.2) is 42.5 Å². The molecule has 25 heavy (non-hydrogen) atoms. The molecule has 0 spiro atoms. The first-order chi connectivity index (χ1) is 12.1. The van der Waals surface area contributed by atoms with E-state index in [0.717, 1.165) is 24.0 Å². The van der Waals surface area contributed by atoms with Crippen LogP contribution in [0.2, 0.25) is 0 Å². The Morgan fingerprint density at radius 2 is 2.04 bits per heavy atom. The molecule has 1 aliphatic carbocycles. The van der Waals surface area contributed by atoms with Gasteiger partial charge in [-0.15, -0.1) is 0 Å². The van der Waals surface area contributed by atoms with Crippen molar-refractivity contribution in [2.45, 2.75) is 37.4 Å². The van der Waals surface area contributed by atoms with Gasteiger partial charge in [0.25, 0.3) is 5.91 Å². The molecule has 2 N–H and O–H groups in total. The molecule has 0 aromatic heterocycles. The lowest BCUT2D eigenvalue weighted by molar-refractivity contribution is -0.128. The third-order valence-corrected chi connectivity index (χ3v) is 5.12. The van der Waals surface area contributed by atoms with E-state index in [-0.39, 0.29) is 18.2 Å². The van der Waals surface area contributed by atoms with Gasteiger partial charge in [0, 0.05) is 12.0 Å². The number of carbonyl (C=O) groups excluding carboxylic acids is 1. The lowest BCUT2D eigenvalue weighted by Crippen LogP contribution is -2.46. The van der Waals surface area contributed by atoms with Crippen molar-refractivity contribution in [2.75, 3.05) is 6.54 Å². The minimum absolute atomic E-state index is 0.127. The molecule has 4 nitrogen and oxygen atoms in total. The van der Waals surface area contributed by atoms with E-state index in [1.54, 1.807) is 12.1 Å². The number of hydrogen-bond donors (Lipinski definition) is 2. The Morgan fingerprint density at radius 3 is 2.88 bits per heavy atom. The molecule has 0 bridgehead atoms. The highest BCUT2D eigenvalue weighted by Crippen LogP contribution is 2.35. The number of halogens is 1. The van der Waals surface area contributed by atoms with Gasteiger partial charge in [0.15, 0.2) is 17.7 Å². The van der Waals surface area contributed by atoms with Crippen LogP contribution in [0.25, 0.3) is 0 Å². The van der Waals surface area contributed by atoms with Gasteiger partial charge in [-0.05, 0) is 36.5 Å². The number of fused-ring (bicyclic) bond motifs is 2. The Morgan fingerprint density at radius 1 is 1.24 bits per heavy atom. The summed E-state index contributed by atoms with van der Waals surface area (Å²) in [6.45, 7) is 0.127. The minimum atomic E-state index is -1.07. The lowest BCUT2D eigenvalue weighted by Gasteiger charge is -2.34. The van der Waals surface area contributed by atoms with Gasteiger partial charge < -0.3 is 15.2 Å². The van der Waals surface area contributed by atoms with E-state index in [4.69, 9.17) is 4.74 Å². The summed E-state index contributed by atoms with van der Waals surface area (Å²) in [5.41, 5.74) is 1.63. The van der Waals surface area contributed by atoms with Crippen molar-refractivity contribution in [2.24, 2.45) is 0 Å². The number of aryl methyl sites for hydroxylation is 1. The van der Waals surface area contributed by atoms with Crippen molar-refractivity contribution in [1.82, 2.24) is 5.32 Å². The molecule has 4 rings (SSSR count). The number of benzene rings is 2. The second-order valence-electron chi connectivity index (χ2n) is 6.80. The topological polar surface area (TPSA) is 58.6 Å². The van der Waals surface area contributed by atoms with Crippen molar-refractivity contribution in [1.29, 1.82) is 0 Å². The van der Waals surface area contributed by atoms with E-state index in [1.807, 2.05) is 24.3 Å². The fourth-order valence-electron chi connectivity index (χ4n) is 3.81. The van der Waals surface area contributed by atoms with Crippen LogP contribution >= 0.6 is 0 Å². The van der Waals surface area contributed by atoms with E-state index >= 15 is 0 Å². The molecule has 2 aromatic rings. The van der Waals surface area contributed by atoms with Crippen molar-refractivity contribution < 1.29 is 19.0 Å². The van der Waals surface area contributed by atoms with Crippen molar-refractivity contribution >= 4 is 5.91 Å². The Balaban J connectivity index is 1.44. The molecule has 2 aromatic carbocycles. The summed E-state index contributed by atoms with van der Waals surface area (Å²) in [6.07, 6.45) is 2.00. The minimum Gasteiger partial charge on any atom is -0.477 e. The molecule has 0 saturated heterocycles.